The van der Waals surface area contributed by atoms with Gasteiger partial charge in [0.15, 0.2) is 0 Å². The maximum Gasteiger partial charge on any atom is 0.326 e. The fourth-order valence-corrected chi connectivity index (χ4v) is 2.45. The van der Waals surface area contributed by atoms with Gasteiger partial charge in [-0.1, -0.05) is 19.3 Å². The molecule has 4 N–H and O–H groups in total. The van der Waals surface area contributed by atoms with Gasteiger partial charge >= 0.3 is 12.0 Å². The summed E-state index contributed by atoms with van der Waals surface area (Å²) < 4.78 is 0. The van der Waals surface area contributed by atoms with E-state index in [1.165, 1.54) is 12.7 Å². The van der Waals surface area contributed by atoms with Gasteiger partial charge in [-0.3, -0.25) is 0 Å². The second kappa shape index (κ2) is 6.93. The molecule has 0 unspecified atom stereocenters. The lowest BCUT2D eigenvalue weighted by Crippen LogP contribution is -2.50. The number of hydrogen-bond acceptors (Lipinski definition) is 3. The van der Waals surface area contributed by atoms with E-state index in [4.69, 9.17) is 5.11 Å². The second-order valence-corrected chi connectivity index (χ2v) is 5.12. The van der Waals surface area contributed by atoms with Gasteiger partial charge in [0.1, 0.15) is 6.04 Å². The molecule has 0 spiro atoms. The number of hydrogen-bond donors (Lipinski definition) is 4. The van der Waals surface area contributed by atoms with E-state index in [-0.39, 0.29) is 12.5 Å². The zero-order valence-corrected chi connectivity index (χ0v) is 11.3. The first-order valence-corrected chi connectivity index (χ1v) is 6.92. The Labute approximate surface area is 117 Å². The second-order valence-electron chi connectivity index (χ2n) is 5.12. The monoisotopic (exact) mass is 280 g/mol. The third-order valence-electron chi connectivity index (χ3n) is 3.52. The highest BCUT2D eigenvalue weighted by atomic mass is 16.4. The first-order chi connectivity index (χ1) is 9.65. The Bertz CT molecular complexity index is 440. The number of nitrogens with zero attached hydrogens (tertiary/aromatic N) is 1. The van der Waals surface area contributed by atoms with Crippen LogP contribution >= 0.6 is 0 Å². The van der Waals surface area contributed by atoms with Gasteiger partial charge in [0.05, 0.1) is 6.33 Å². The highest BCUT2D eigenvalue weighted by molar-refractivity contribution is 5.82. The van der Waals surface area contributed by atoms with Gasteiger partial charge < -0.3 is 20.7 Å². The average molecular weight is 280 g/mol. The lowest BCUT2D eigenvalue weighted by Gasteiger charge is -2.24. The highest BCUT2D eigenvalue weighted by Gasteiger charge is 2.23. The molecule has 0 radical (unpaired) electrons. The van der Waals surface area contributed by atoms with E-state index >= 15 is 0 Å². The number of carbonyl (C=O) groups is 2. The van der Waals surface area contributed by atoms with E-state index in [0.29, 0.717) is 5.69 Å². The third-order valence-corrected chi connectivity index (χ3v) is 3.52. The van der Waals surface area contributed by atoms with Crippen molar-refractivity contribution in [2.75, 3.05) is 0 Å². The Morgan fingerprint density at radius 3 is 2.75 bits per heavy atom. The number of carboxylic acids is 1. The number of carbonyl (C=O) groups excluding carboxylic acids is 1. The summed E-state index contributed by atoms with van der Waals surface area (Å²) >= 11 is 0. The summed E-state index contributed by atoms with van der Waals surface area (Å²) in [6, 6.07) is -1.21. The maximum atomic E-state index is 11.8. The number of rotatable bonds is 5. The normalized spacial score (nSPS) is 17.4. The Kier molecular flexibility index (Phi) is 4.97. The Balaban J connectivity index is 1.83. The summed E-state index contributed by atoms with van der Waals surface area (Å²) in [5, 5.41) is 14.5. The number of H-pyrrole nitrogens is 1. The molecule has 1 saturated carbocycles. The van der Waals surface area contributed by atoms with Crippen LogP contribution in [0.4, 0.5) is 4.79 Å². The Hall–Kier alpha value is -2.05. The van der Waals surface area contributed by atoms with E-state index in [1.807, 2.05) is 0 Å². The average Bonchev–Trinajstić information content (AvgIpc) is 2.92. The number of aromatic nitrogens is 2. The summed E-state index contributed by atoms with van der Waals surface area (Å²) in [7, 11) is 0. The van der Waals surface area contributed by atoms with E-state index in [1.54, 1.807) is 6.20 Å². The number of aromatic amines is 1. The SMILES string of the molecule is O=C(NC1CCCCC1)N[C@@H](Cc1cnc[nH]1)C(=O)O. The quantitative estimate of drug-likeness (QED) is 0.646. The van der Waals surface area contributed by atoms with Gasteiger partial charge in [-0.15, -0.1) is 0 Å². The molecule has 0 aliphatic heterocycles. The molecule has 1 aromatic heterocycles. The lowest BCUT2D eigenvalue weighted by atomic mass is 9.96. The molecule has 2 amide bonds. The van der Waals surface area contributed by atoms with Crippen LogP contribution in [-0.4, -0.2) is 39.2 Å². The molecule has 7 heteroatoms. The summed E-state index contributed by atoms with van der Waals surface area (Å²) in [6.07, 6.45) is 8.58. The molecule has 20 heavy (non-hydrogen) atoms. The van der Waals surface area contributed by atoms with Gasteiger partial charge in [0.25, 0.3) is 0 Å². The number of imidazole rings is 1. The fraction of sp³-hybridized carbons (Fsp3) is 0.615. The van der Waals surface area contributed by atoms with Crippen LogP contribution in [0.15, 0.2) is 12.5 Å². The number of amides is 2. The van der Waals surface area contributed by atoms with Crippen molar-refractivity contribution < 1.29 is 14.7 Å². The fourth-order valence-electron chi connectivity index (χ4n) is 2.45. The summed E-state index contributed by atoms with van der Waals surface area (Å²) in [6.45, 7) is 0. The standard InChI is InChI=1S/C13H20N4O3/c18-12(19)11(6-10-7-14-8-15-10)17-13(20)16-9-4-2-1-3-5-9/h7-9,11H,1-6H2,(H,14,15)(H,18,19)(H2,16,17,20)/t11-/m0/s1. The molecular formula is C13H20N4O3. The molecule has 2 rings (SSSR count). The Morgan fingerprint density at radius 2 is 2.15 bits per heavy atom. The molecular weight excluding hydrogens is 260 g/mol. The molecule has 1 heterocycles. The van der Waals surface area contributed by atoms with E-state index in [9.17, 15) is 9.59 Å². The van der Waals surface area contributed by atoms with Gasteiger partial charge in [0, 0.05) is 24.4 Å². The molecule has 1 aliphatic rings. The molecule has 7 nitrogen and oxygen atoms in total. The van der Waals surface area contributed by atoms with Gasteiger partial charge in [-0.05, 0) is 12.8 Å². The van der Waals surface area contributed by atoms with Crippen LogP contribution in [0, 0.1) is 0 Å². The predicted octanol–water partition coefficient (Wildman–Crippen LogP) is 1.04. The van der Waals surface area contributed by atoms with Crippen molar-refractivity contribution in [3.8, 4) is 0 Å². The van der Waals surface area contributed by atoms with E-state index in [0.717, 1.165) is 25.7 Å². The van der Waals surface area contributed by atoms with Crippen LogP contribution in [0.25, 0.3) is 0 Å². The highest BCUT2D eigenvalue weighted by Crippen LogP contribution is 2.17. The first kappa shape index (κ1) is 14.4. The van der Waals surface area contributed by atoms with Crippen molar-refractivity contribution in [2.45, 2.75) is 50.6 Å². The minimum atomic E-state index is -1.06. The maximum absolute atomic E-state index is 11.8. The van der Waals surface area contributed by atoms with Crippen LogP contribution in [0.1, 0.15) is 37.8 Å². The van der Waals surface area contributed by atoms with Gasteiger partial charge in [-0.25, -0.2) is 14.6 Å². The molecule has 110 valence electrons. The molecule has 0 bridgehead atoms. The molecule has 1 fully saturated rings. The molecule has 1 aromatic rings. The number of aliphatic carboxylic acids is 1. The number of carboxylic acid groups (broad SMARTS) is 1. The van der Waals surface area contributed by atoms with E-state index in [2.05, 4.69) is 20.6 Å². The van der Waals surface area contributed by atoms with Crippen molar-refractivity contribution in [1.82, 2.24) is 20.6 Å². The Morgan fingerprint density at radius 1 is 1.40 bits per heavy atom. The number of urea groups is 1. The first-order valence-electron chi connectivity index (χ1n) is 6.92. The number of nitrogens with one attached hydrogen (secondary N) is 3. The lowest BCUT2D eigenvalue weighted by molar-refractivity contribution is -0.139. The summed E-state index contributed by atoms with van der Waals surface area (Å²) in [4.78, 5) is 29.7. The van der Waals surface area contributed by atoms with Crippen LogP contribution < -0.4 is 10.6 Å². The van der Waals surface area contributed by atoms with Gasteiger partial charge in [-0.2, -0.15) is 0 Å². The predicted molar refractivity (Wildman–Crippen MR) is 72.3 cm³/mol. The van der Waals surface area contributed by atoms with Gasteiger partial charge in [0.2, 0.25) is 0 Å². The molecule has 1 atom stereocenters. The summed E-state index contributed by atoms with van der Waals surface area (Å²) in [5.41, 5.74) is 0.676. The molecule has 1 aliphatic carbocycles. The minimum absolute atomic E-state index is 0.158. The van der Waals surface area contributed by atoms with Crippen molar-refractivity contribution in [1.29, 1.82) is 0 Å². The third kappa shape index (κ3) is 4.25. The topological polar surface area (TPSA) is 107 Å². The zero-order valence-electron chi connectivity index (χ0n) is 11.3. The van der Waals surface area contributed by atoms with Crippen LogP contribution in [0.5, 0.6) is 0 Å². The largest absolute Gasteiger partial charge is 0.480 e. The molecule has 0 saturated heterocycles. The van der Waals surface area contributed by atoms with Crippen molar-refractivity contribution in [3.05, 3.63) is 18.2 Å². The zero-order chi connectivity index (χ0) is 14.4. The van der Waals surface area contributed by atoms with Crippen molar-refractivity contribution >= 4 is 12.0 Å². The minimum Gasteiger partial charge on any atom is -0.480 e. The van der Waals surface area contributed by atoms with Crippen LogP contribution in [0.2, 0.25) is 0 Å². The molecule has 0 aromatic carbocycles. The van der Waals surface area contributed by atoms with Crippen LogP contribution in [0.3, 0.4) is 0 Å². The van der Waals surface area contributed by atoms with Crippen molar-refractivity contribution in [2.24, 2.45) is 0 Å². The smallest absolute Gasteiger partial charge is 0.326 e. The summed E-state index contributed by atoms with van der Waals surface area (Å²) in [5.74, 6) is -1.06. The van der Waals surface area contributed by atoms with Crippen LogP contribution in [-0.2, 0) is 11.2 Å². The van der Waals surface area contributed by atoms with E-state index < -0.39 is 18.0 Å². The van der Waals surface area contributed by atoms with Crippen molar-refractivity contribution in [3.63, 3.8) is 0 Å².